The molecule has 0 saturated carbocycles. The summed E-state index contributed by atoms with van der Waals surface area (Å²) in [6, 6.07) is 10.6. The molecule has 0 N–H and O–H groups in total. The predicted molar refractivity (Wildman–Crippen MR) is 54.3 cm³/mol. The van der Waals surface area contributed by atoms with Gasteiger partial charge in [0.2, 0.25) is 0 Å². The molecule has 0 amide bonds. The Morgan fingerprint density at radius 1 is 1.08 bits per heavy atom. The maximum Gasteiger partial charge on any atom is 0.00752 e. The Bertz CT molecular complexity index is 255. The highest BCUT2D eigenvalue weighted by Crippen LogP contribution is 2.23. The maximum absolute atomic E-state index is 2.22. The summed E-state index contributed by atoms with van der Waals surface area (Å²) in [7, 11) is 0. The fourth-order valence-corrected chi connectivity index (χ4v) is 1.38. The second-order valence-electron chi connectivity index (χ2n) is 3.59. The number of hydrogen-bond acceptors (Lipinski definition) is 0. The molecule has 64 valence electrons. The van der Waals surface area contributed by atoms with Crippen LogP contribution in [0.4, 0.5) is 0 Å². The highest BCUT2D eigenvalue weighted by Gasteiger charge is 2.14. The summed E-state index contributed by atoms with van der Waals surface area (Å²) in [4.78, 5) is 0. The molecule has 0 saturated heterocycles. The average molecular weight is 160 g/mol. The van der Waals surface area contributed by atoms with Crippen LogP contribution in [0.3, 0.4) is 0 Å². The highest BCUT2D eigenvalue weighted by atomic mass is 14.2. The van der Waals surface area contributed by atoms with Crippen LogP contribution in [-0.2, 0) is 5.41 Å². The van der Waals surface area contributed by atoms with E-state index >= 15 is 0 Å². The second kappa shape index (κ2) is 3.57. The molecule has 0 bridgehead atoms. The molecule has 0 radical (unpaired) electrons. The van der Waals surface area contributed by atoms with Crippen molar-refractivity contribution in [3.63, 3.8) is 0 Å². The van der Waals surface area contributed by atoms with Crippen LogP contribution in [0.1, 0.15) is 26.3 Å². The Morgan fingerprint density at radius 3 is 2.17 bits per heavy atom. The van der Waals surface area contributed by atoms with E-state index in [-0.39, 0.29) is 5.41 Å². The molecule has 12 heavy (non-hydrogen) atoms. The lowest BCUT2D eigenvalue weighted by atomic mass is 9.84. The van der Waals surface area contributed by atoms with Crippen LogP contribution in [0.25, 0.3) is 0 Å². The first kappa shape index (κ1) is 9.05. The predicted octanol–water partition coefficient (Wildman–Crippen LogP) is 3.54. The van der Waals surface area contributed by atoms with Gasteiger partial charge in [0, 0.05) is 5.41 Å². The molecule has 0 aliphatic rings. The SMILES string of the molecule is CC=CC(C)(C)c1ccccc1. The molecule has 0 nitrogen and oxygen atoms in total. The number of hydrogen-bond donors (Lipinski definition) is 0. The summed E-state index contributed by atoms with van der Waals surface area (Å²) in [5.41, 5.74) is 1.53. The topological polar surface area (TPSA) is 0 Å². The van der Waals surface area contributed by atoms with E-state index in [0.717, 1.165) is 0 Å². The van der Waals surface area contributed by atoms with Gasteiger partial charge < -0.3 is 0 Å². The van der Waals surface area contributed by atoms with Crippen LogP contribution in [0.2, 0.25) is 0 Å². The van der Waals surface area contributed by atoms with Crippen molar-refractivity contribution in [1.29, 1.82) is 0 Å². The normalized spacial score (nSPS) is 12.2. The zero-order valence-corrected chi connectivity index (χ0v) is 8.04. The third-order valence-electron chi connectivity index (χ3n) is 2.10. The van der Waals surface area contributed by atoms with Crippen LogP contribution in [-0.4, -0.2) is 0 Å². The van der Waals surface area contributed by atoms with Gasteiger partial charge in [-0.1, -0.05) is 56.3 Å². The van der Waals surface area contributed by atoms with Gasteiger partial charge in [-0.05, 0) is 12.5 Å². The third-order valence-corrected chi connectivity index (χ3v) is 2.10. The average Bonchev–Trinajstić information content (AvgIpc) is 2.06. The van der Waals surface area contributed by atoms with Gasteiger partial charge in [-0.2, -0.15) is 0 Å². The van der Waals surface area contributed by atoms with E-state index in [9.17, 15) is 0 Å². The lowest BCUT2D eigenvalue weighted by Crippen LogP contribution is -2.12. The fourth-order valence-electron chi connectivity index (χ4n) is 1.38. The third kappa shape index (κ3) is 1.97. The highest BCUT2D eigenvalue weighted by molar-refractivity contribution is 5.28. The summed E-state index contributed by atoms with van der Waals surface area (Å²) in [5, 5.41) is 0. The van der Waals surface area contributed by atoms with Crippen LogP contribution in [0, 0.1) is 0 Å². The first-order valence-electron chi connectivity index (χ1n) is 4.36. The van der Waals surface area contributed by atoms with E-state index in [0.29, 0.717) is 0 Å². The Hall–Kier alpha value is -1.04. The smallest absolute Gasteiger partial charge is 0.00752 e. The lowest BCUT2D eigenvalue weighted by Gasteiger charge is -2.20. The van der Waals surface area contributed by atoms with E-state index in [1.165, 1.54) is 5.56 Å². The van der Waals surface area contributed by atoms with Gasteiger partial charge in [-0.15, -0.1) is 0 Å². The van der Waals surface area contributed by atoms with E-state index in [1.807, 2.05) is 0 Å². The van der Waals surface area contributed by atoms with E-state index in [4.69, 9.17) is 0 Å². The van der Waals surface area contributed by atoms with Crippen molar-refractivity contribution in [3.8, 4) is 0 Å². The van der Waals surface area contributed by atoms with Crippen LogP contribution in [0.5, 0.6) is 0 Å². The first-order chi connectivity index (χ1) is 5.67. The number of allylic oxidation sites excluding steroid dienone is 2. The van der Waals surface area contributed by atoms with Gasteiger partial charge in [-0.25, -0.2) is 0 Å². The largest absolute Gasteiger partial charge is 0.0908 e. The van der Waals surface area contributed by atoms with Gasteiger partial charge >= 0.3 is 0 Å². The summed E-state index contributed by atoms with van der Waals surface area (Å²) < 4.78 is 0. The van der Waals surface area contributed by atoms with Gasteiger partial charge in [0.15, 0.2) is 0 Å². The Balaban J connectivity index is 2.97. The molecule has 0 atom stereocenters. The monoisotopic (exact) mass is 160 g/mol. The molecule has 0 aromatic heterocycles. The molecule has 0 heteroatoms. The second-order valence-corrected chi connectivity index (χ2v) is 3.59. The van der Waals surface area contributed by atoms with Gasteiger partial charge in [0.05, 0.1) is 0 Å². The quantitative estimate of drug-likeness (QED) is 0.580. The minimum atomic E-state index is 0.163. The number of benzene rings is 1. The van der Waals surface area contributed by atoms with Gasteiger partial charge in [0.1, 0.15) is 0 Å². The van der Waals surface area contributed by atoms with Crippen molar-refractivity contribution in [1.82, 2.24) is 0 Å². The van der Waals surface area contributed by atoms with Crippen molar-refractivity contribution in [3.05, 3.63) is 48.0 Å². The van der Waals surface area contributed by atoms with E-state index in [2.05, 4.69) is 63.3 Å². The van der Waals surface area contributed by atoms with Crippen LogP contribution < -0.4 is 0 Å². The molecule has 0 heterocycles. The molecule has 0 aliphatic heterocycles. The summed E-state index contributed by atoms with van der Waals surface area (Å²) in [6.07, 6.45) is 4.33. The maximum atomic E-state index is 2.22. The zero-order valence-electron chi connectivity index (χ0n) is 8.04. The minimum absolute atomic E-state index is 0.163. The Labute approximate surface area is 74.9 Å². The molecule has 0 spiro atoms. The van der Waals surface area contributed by atoms with Crippen molar-refractivity contribution >= 4 is 0 Å². The molecular weight excluding hydrogens is 144 g/mol. The van der Waals surface area contributed by atoms with E-state index < -0.39 is 0 Å². The van der Waals surface area contributed by atoms with Gasteiger partial charge in [-0.3, -0.25) is 0 Å². The van der Waals surface area contributed by atoms with Crippen molar-refractivity contribution < 1.29 is 0 Å². The molecule has 0 fully saturated rings. The van der Waals surface area contributed by atoms with E-state index in [1.54, 1.807) is 0 Å². The molecule has 1 rings (SSSR count). The molecule has 1 aromatic rings. The number of rotatable bonds is 2. The van der Waals surface area contributed by atoms with Crippen LogP contribution in [0.15, 0.2) is 42.5 Å². The minimum Gasteiger partial charge on any atom is -0.0908 e. The molecular formula is C12H16. The molecule has 0 unspecified atom stereocenters. The summed E-state index contributed by atoms with van der Waals surface area (Å²) in [5.74, 6) is 0. The molecule has 0 aliphatic carbocycles. The lowest BCUT2D eigenvalue weighted by molar-refractivity contribution is 0.669. The first-order valence-corrected chi connectivity index (χ1v) is 4.36. The van der Waals surface area contributed by atoms with Crippen LogP contribution >= 0.6 is 0 Å². The Kier molecular flexibility index (Phi) is 2.69. The molecule has 1 aromatic carbocycles. The summed E-state index contributed by atoms with van der Waals surface area (Å²) in [6.45, 7) is 6.51. The fraction of sp³-hybridized carbons (Fsp3) is 0.333. The van der Waals surface area contributed by atoms with Crippen molar-refractivity contribution in [2.45, 2.75) is 26.2 Å². The Morgan fingerprint density at radius 2 is 1.67 bits per heavy atom. The van der Waals surface area contributed by atoms with Crippen molar-refractivity contribution in [2.24, 2.45) is 0 Å². The standard InChI is InChI=1S/C12H16/c1-4-10-12(2,3)11-8-6-5-7-9-11/h4-10H,1-3H3. The summed E-state index contributed by atoms with van der Waals surface area (Å²) >= 11 is 0. The van der Waals surface area contributed by atoms with Crippen molar-refractivity contribution in [2.75, 3.05) is 0 Å². The zero-order chi connectivity index (χ0) is 9.03. The van der Waals surface area contributed by atoms with Gasteiger partial charge in [0.25, 0.3) is 0 Å².